The lowest BCUT2D eigenvalue weighted by molar-refractivity contribution is 0.0314. The van der Waals surface area contributed by atoms with E-state index in [-0.39, 0.29) is 5.60 Å². The van der Waals surface area contributed by atoms with Gasteiger partial charge in [-0.25, -0.2) is 9.97 Å². The van der Waals surface area contributed by atoms with Crippen LogP contribution in [0, 0.1) is 6.92 Å². The number of ether oxygens (including phenoxy) is 1. The fourth-order valence-electron chi connectivity index (χ4n) is 1.73. The minimum absolute atomic E-state index is 0.0474. The molecule has 1 unspecified atom stereocenters. The Morgan fingerprint density at radius 3 is 2.80 bits per heavy atom. The third kappa shape index (κ3) is 2.65. The summed E-state index contributed by atoms with van der Waals surface area (Å²) in [5.74, 6) is 0.678. The van der Waals surface area contributed by atoms with Crippen LogP contribution in [0.3, 0.4) is 0 Å². The second-order valence-electron chi connectivity index (χ2n) is 4.34. The van der Waals surface area contributed by atoms with Gasteiger partial charge < -0.3 is 10.1 Å². The molecule has 1 N–H and O–H groups in total. The zero-order valence-corrected chi connectivity index (χ0v) is 9.29. The quantitative estimate of drug-likeness (QED) is 0.820. The van der Waals surface area contributed by atoms with E-state index in [0.29, 0.717) is 5.95 Å². The number of rotatable bonds is 3. The molecule has 82 valence electrons. The number of anilines is 1. The van der Waals surface area contributed by atoms with E-state index in [1.165, 1.54) is 0 Å². The van der Waals surface area contributed by atoms with Gasteiger partial charge in [0, 0.05) is 25.5 Å². The van der Waals surface area contributed by atoms with Crippen LogP contribution in [-0.2, 0) is 4.74 Å². The summed E-state index contributed by atoms with van der Waals surface area (Å²) in [6, 6.07) is 0. The number of hydrogen-bond donors (Lipinski definition) is 1. The van der Waals surface area contributed by atoms with Crippen molar-refractivity contribution < 1.29 is 4.74 Å². The summed E-state index contributed by atoms with van der Waals surface area (Å²) in [6.45, 7) is 5.75. The summed E-state index contributed by atoms with van der Waals surface area (Å²) in [5, 5.41) is 3.21. The average Bonchev–Trinajstić information content (AvgIpc) is 2.65. The summed E-state index contributed by atoms with van der Waals surface area (Å²) in [6.07, 6.45) is 5.87. The fourth-order valence-corrected chi connectivity index (χ4v) is 1.73. The molecule has 15 heavy (non-hydrogen) atoms. The molecule has 1 aliphatic rings. The third-order valence-corrected chi connectivity index (χ3v) is 2.70. The van der Waals surface area contributed by atoms with Gasteiger partial charge in [-0.15, -0.1) is 0 Å². The topological polar surface area (TPSA) is 47.0 Å². The molecule has 0 radical (unpaired) electrons. The van der Waals surface area contributed by atoms with Crippen molar-refractivity contribution in [3.8, 4) is 0 Å². The molecule has 0 aliphatic carbocycles. The van der Waals surface area contributed by atoms with Gasteiger partial charge in [0.15, 0.2) is 0 Å². The molecule has 0 spiro atoms. The second kappa shape index (κ2) is 4.14. The van der Waals surface area contributed by atoms with Crippen molar-refractivity contribution in [1.29, 1.82) is 0 Å². The molecule has 1 saturated heterocycles. The van der Waals surface area contributed by atoms with Gasteiger partial charge in [0.25, 0.3) is 0 Å². The maximum atomic E-state index is 5.67. The Morgan fingerprint density at radius 2 is 2.20 bits per heavy atom. The van der Waals surface area contributed by atoms with Crippen molar-refractivity contribution in [1.82, 2.24) is 9.97 Å². The number of nitrogens with zero attached hydrogens (tertiary/aromatic N) is 2. The fraction of sp³-hybridized carbons (Fsp3) is 0.636. The Kier molecular flexibility index (Phi) is 2.86. The summed E-state index contributed by atoms with van der Waals surface area (Å²) in [7, 11) is 0. The number of hydrogen-bond acceptors (Lipinski definition) is 4. The molecular weight excluding hydrogens is 190 g/mol. The van der Waals surface area contributed by atoms with Gasteiger partial charge in [0.05, 0.1) is 5.60 Å². The monoisotopic (exact) mass is 207 g/mol. The van der Waals surface area contributed by atoms with Gasteiger partial charge in [0.2, 0.25) is 5.95 Å². The van der Waals surface area contributed by atoms with Crippen LogP contribution >= 0.6 is 0 Å². The van der Waals surface area contributed by atoms with Gasteiger partial charge in [0.1, 0.15) is 0 Å². The van der Waals surface area contributed by atoms with Crippen LogP contribution in [0.5, 0.6) is 0 Å². The number of nitrogens with one attached hydrogen (secondary N) is 1. The predicted molar refractivity (Wildman–Crippen MR) is 58.8 cm³/mol. The van der Waals surface area contributed by atoms with Crippen LogP contribution in [-0.4, -0.2) is 28.7 Å². The number of aromatic nitrogens is 2. The summed E-state index contributed by atoms with van der Waals surface area (Å²) in [4.78, 5) is 8.39. The molecule has 0 bridgehead atoms. The van der Waals surface area contributed by atoms with E-state index in [1.54, 1.807) is 0 Å². The Balaban J connectivity index is 1.90. The van der Waals surface area contributed by atoms with Crippen molar-refractivity contribution in [2.45, 2.75) is 32.3 Å². The van der Waals surface area contributed by atoms with Crippen molar-refractivity contribution >= 4 is 5.95 Å². The molecule has 0 saturated carbocycles. The molecule has 1 aromatic heterocycles. The second-order valence-corrected chi connectivity index (χ2v) is 4.34. The van der Waals surface area contributed by atoms with Crippen molar-refractivity contribution in [2.24, 2.45) is 0 Å². The lowest BCUT2D eigenvalue weighted by Crippen LogP contribution is -2.33. The van der Waals surface area contributed by atoms with Crippen LogP contribution in [0.2, 0.25) is 0 Å². The van der Waals surface area contributed by atoms with Gasteiger partial charge in [-0.2, -0.15) is 0 Å². The molecular formula is C11H17N3O. The minimum atomic E-state index is -0.0474. The van der Waals surface area contributed by atoms with E-state index < -0.39 is 0 Å². The van der Waals surface area contributed by atoms with Crippen molar-refractivity contribution in [3.05, 3.63) is 18.0 Å². The molecule has 1 atom stereocenters. The first kappa shape index (κ1) is 10.4. The Morgan fingerprint density at radius 1 is 1.47 bits per heavy atom. The number of aryl methyl sites for hydroxylation is 1. The summed E-state index contributed by atoms with van der Waals surface area (Å²) < 4.78 is 5.67. The maximum absolute atomic E-state index is 5.67. The highest BCUT2D eigenvalue weighted by atomic mass is 16.5. The van der Waals surface area contributed by atoms with E-state index in [9.17, 15) is 0 Å². The first-order valence-corrected chi connectivity index (χ1v) is 5.34. The molecule has 0 aromatic carbocycles. The SMILES string of the molecule is Cc1cnc(NCC2(C)CCCO2)nc1. The Bertz CT molecular complexity index is 317. The minimum Gasteiger partial charge on any atom is -0.373 e. The van der Waals surface area contributed by atoms with Crippen LogP contribution in [0.1, 0.15) is 25.3 Å². The molecule has 4 heteroatoms. The van der Waals surface area contributed by atoms with Crippen molar-refractivity contribution in [2.75, 3.05) is 18.5 Å². The summed E-state index contributed by atoms with van der Waals surface area (Å²) >= 11 is 0. The van der Waals surface area contributed by atoms with Crippen molar-refractivity contribution in [3.63, 3.8) is 0 Å². The van der Waals surface area contributed by atoms with Gasteiger partial charge >= 0.3 is 0 Å². The molecule has 1 aliphatic heterocycles. The molecule has 0 amide bonds. The zero-order chi connectivity index (χ0) is 10.7. The first-order valence-electron chi connectivity index (χ1n) is 5.34. The molecule has 4 nitrogen and oxygen atoms in total. The lowest BCUT2D eigenvalue weighted by Gasteiger charge is -2.23. The zero-order valence-electron chi connectivity index (χ0n) is 9.29. The highest BCUT2D eigenvalue weighted by Gasteiger charge is 2.29. The predicted octanol–water partition coefficient (Wildman–Crippen LogP) is 1.77. The van der Waals surface area contributed by atoms with Gasteiger partial charge in [-0.05, 0) is 32.3 Å². The average molecular weight is 207 g/mol. The molecule has 1 fully saturated rings. The molecule has 1 aromatic rings. The largest absolute Gasteiger partial charge is 0.373 e. The third-order valence-electron chi connectivity index (χ3n) is 2.70. The van der Waals surface area contributed by atoms with Gasteiger partial charge in [-0.3, -0.25) is 0 Å². The Labute approximate surface area is 90.1 Å². The first-order chi connectivity index (χ1) is 7.18. The van der Waals surface area contributed by atoms with E-state index >= 15 is 0 Å². The van der Waals surface area contributed by atoms with Crippen LogP contribution < -0.4 is 5.32 Å². The molecule has 2 heterocycles. The standard InChI is InChI=1S/C11H17N3O/c1-9-6-12-10(13-7-9)14-8-11(2)4-3-5-15-11/h6-7H,3-5,8H2,1-2H3,(H,12,13,14). The van der Waals surface area contributed by atoms with E-state index in [1.807, 2.05) is 19.3 Å². The van der Waals surface area contributed by atoms with E-state index in [2.05, 4.69) is 22.2 Å². The highest BCUT2D eigenvalue weighted by Crippen LogP contribution is 2.24. The van der Waals surface area contributed by atoms with Crippen LogP contribution in [0.25, 0.3) is 0 Å². The van der Waals surface area contributed by atoms with E-state index in [4.69, 9.17) is 4.74 Å². The summed E-state index contributed by atoms with van der Waals surface area (Å²) in [5.41, 5.74) is 1.03. The highest BCUT2D eigenvalue weighted by molar-refractivity contribution is 5.25. The van der Waals surface area contributed by atoms with E-state index in [0.717, 1.165) is 31.6 Å². The smallest absolute Gasteiger partial charge is 0.222 e. The normalized spacial score (nSPS) is 25.5. The lowest BCUT2D eigenvalue weighted by atomic mass is 10.0. The Hall–Kier alpha value is -1.16. The maximum Gasteiger partial charge on any atom is 0.222 e. The van der Waals surface area contributed by atoms with Crippen LogP contribution in [0.4, 0.5) is 5.95 Å². The van der Waals surface area contributed by atoms with Gasteiger partial charge in [-0.1, -0.05) is 0 Å². The molecule has 2 rings (SSSR count). The van der Waals surface area contributed by atoms with Crippen LogP contribution in [0.15, 0.2) is 12.4 Å².